The first kappa shape index (κ1) is 25.1. The van der Waals surface area contributed by atoms with Crippen molar-refractivity contribution >= 4 is 15.9 Å². The van der Waals surface area contributed by atoms with Crippen LogP contribution in [0.4, 0.5) is 0 Å². The van der Waals surface area contributed by atoms with Crippen molar-refractivity contribution in [2.45, 2.75) is 57.0 Å². The monoisotopic (exact) mass is 474 g/mol. The smallest absolute Gasteiger partial charge is 0.257 e. The number of nitrogens with zero attached hydrogens (tertiary/aromatic N) is 1. The molecule has 180 valence electrons. The van der Waals surface area contributed by atoms with Crippen LogP contribution in [0.5, 0.6) is 11.5 Å². The lowest BCUT2D eigenvalue weighted by Gasteiger charge is -2.27. The summed E-state index contributed by atoms with van der Waals surface area (Å²) in [7, 11) is -2.27. The van der Waals surface area contributed by atoms with Crippen molar-refractivity contribution in [1.82, 2.24) is 9.62 Å². The minimum absolute atomic E-state index is 0.0657. The van der Waals surface area contributed by atoms with Crippen molar-refractivity contribution < 1.29 is 22.7 Å². The van der Waals surface area contributed by atoms with Gasteiger partial charge in [-0.15, -0.1) is 0 Å². The van der Waals surface area contributed by atoms with Crippen molar-refractivity contribution in [3.05, 3.63) is 53.6 Å². The molecular weight excluding hydrogens is 440 g/mol. The maximum atomic E-state index is 13.0. The minimum Gasteiger partial charge on any atom is -0.496 e. The second kappa shape index (κ2) is 11.5. The average Bonchev–Trinajstić information content (AvgIpc) is 2.81. The number of likely N-dealkylation sites (tertiary alicyclic amines) is 1. The van der Waals surface area contributed by atoms with Gasteiger partial charge in [-0.05, 0) is 81.8 Å². The van der Waals surface area contributed by atoms with Gasteiger partial charge in [-0.25, -0.2) is 13.1 Å². The Morgan fingerprint density at radius 2 is 1.85 bits per heavy atom. The topological polar surface area (TPSA) is 84.9 Å². The van der Waals surface area contributed by atoms with Crippen LogP contribution in [0.25, 0.3) is 0 Å². The fourth-order valence-corrected chi connectivity index (χ4v) is 5.02. The maximum absolute atomic E-state index is 13.0. The van der Waals surface area contributed by atoms with Gasteiger partial charge >= 0.3 is 0 Å². The van der Waals surface area contributed by atoms with Gasteiger partial charge < -0.3 is 14.4 Å². The van der Waals surface area contributed by atoms with E-state index in [9.17, 15) is 13.2 Å². The first-order chi connectivity index (χ1) is 15.8. The first-order valence-corrected chi connectivity index (χ1v) is 13.0. The Bertz CT molecular complexity index is 1050. The molecule has 1 N–H and O–H groups in total. The molecule has 33 heavy (non-hydrogen) atoms. The van der Waals surface area contributed by atoms with Gasteiger partial charge in [-0.1, -0.05) is 12.1 Å². The lowest BCUT2D eigenvalue weighted by atomic mass is 10.1. The fourth-order valence-electron chi connectivity index (χ4n) is 3.92. The molecule has 0 aliphatic carbocycles. The van der Waals surface area contributed by atoms with Crippen LogP contribution < -0.4 is 14.2 Å². The summed E-state index contributed by atoms with van der Waals surface area (Å²) >= 11 is 0. The van der Waals surface area contributed by atoms with Crippen molar-refractivity contribution in [2.75, 3.05) is 26.7 Å². The van der Waals surface area contributed by atoms with Crippen LogP contribution in [0.2, 0.25) is 0 Å². The number of methoxy groups -OCH3 is 1. The van der Waals surface area contributed by atoms with Gasteiger partial charge in [0.1, 0.15) is 11.5 Å². The lowest BCUT2D eigenvalue weighted by Crippen LogP contribution is -2.36. The van der Waals surface area contributed by atoms with Crippen molar-refractivity contribution in [3.8, 4) is 11.5 Å². The molecule has 7 nitrogen and oxygen atoms in total. The summed E-state index contributed by atoms with van der Waals surface area (Å²) < 4.78 is 39.4. The molecule has 0 saturated carbocycles. The molecule has 1 heterocycles. The highest BCUT2D eigenvalue weighted by Crippen LogP contribution is 2.25. The second-order valence-electron chi connectivity index (χ2n) is 8.53. The number of hydrogen-bond acceptors (Lipinski definition) is 5. The predicted molar refractivity (Wildman–Crippen MR) is 128 cm³/mol. The zero-order valence-corrected chi connectivity index (χ0v) is 20.5. The number of nitrogens with one attached hydrogen (secondary N) is 1. The SMILES string of the molecule is COc1ccc(S(=O)(=O)NCCCc2cccc(OC(C)C)c2)cc1C(=O)N1CCCCC1. The highest BCUT2D eigenvalue weighted by Gasteiger charge is 2.24. The van der Waals surface area contributed by atoms with Crippen LogP contribution in [0.15, 0.2) is 47.4 Å². The van der Waals surface area contributed by atoms with Crippen LogP contribution in [0.1, 0.15) is 55.5 Å². The van der Waals surface area contributed by atoms with E-state index in [4.69, 9.17) is 9.47 Å². The molecule has 8 heteroatoms. The predicted octanol–water partition coefficient (Wildman–Crippen LogP) is 4.02. The molecule has 0 bridgehead atoms. The maximum Gasteiger partial charge on any atom is 0.257 e. The highest BCUT2D eigenvalue weighted by atomic mass is 32.2. The zero-order valence-electron chi connectivity index (χ0n) is 19.7. The Labute approximate surface area is 197 Å². The largest absolute Gasteiger partial charge is 0.496 e. The number of aryl methyl sites for hydroxylation is 1. The molecule has 1 fully saturated rings. The Morgan fingerprint density at radius 3 is 2.55 bits per heavy atom. The summed E-state index contributed by atoms with van der Waals surface area (Å²) in [4.78, 5) is 14.8. The lowest BCUT2D eigenvalue weighted by molar-refractivity contribution is 0.0720. The van der Waals surface area contributed by atoms with E-state index in [2.05, 4.69) is 4.72 Å². The van der Waals surface area contributed by atoms with Gasteiger partial charge in [0, 0.05) is 19.6 Å². The molecule has 2 aromatic rings. The van der Waals surface area contributed by atoms with Crippen LogP contribution in [-0.4, -0.2) is 52.1 Å². The van der Waals surface area contributed by atoms with E-state index >= 15 is 0 Å². The molecule has 1 amide bonds. The molecule has 1 saturated heterocycles. The summed E-state index contributed by atoms with van der Waals surface area (Å²) in [6.45, 7) is 5.61. The molecule has 2 aromatic carbocycles. The van der Waals surface area contributed by atoms with Crippen molar-refractivity contribution in [1.29, 1.82) is 0 Å². The van der Waals surface area contributed by atoms with E-state index in [0.717, 1.165) is 37.0 Å². The van der Waals surface area contributed by atoms with Crippen LogP contribution in [0, 0.1) is 0 Å². The van der Waals surface area contributed by atoms with Crippen molar-refractivity contribution in [2.24, 2.45) is 0 Å². The van der Waals surface area contributed by atoms with Gasteiger partial charge in [0.05, 0.1) is 23.7 Å². The van der Waals surface area contributed by atoms with E-state index in [1.165, 1.54) is 19.2 Å². The third-order valence-electron chi connectivity index (χ3n) is 5.56. The number of rotatable bonds is 10. The van der Waals surface area contributed by atoms with Crippen LogP contribution >= 0.6 is 0 Å². The number of amides is 1. The first-order valence-electron chi connectivity index (χ1n) is 11.5. The van der Waals surface area contributed by atoms with Crippen LogP contribution in [0.3, 0.4) is 0 Å². The summed E-state index contributed by atoms with van der Waals surface area (Å²) in [6.07, 6.45) is 4.48. The number of carbonyl (C=O) groups excluding carboxylic acids is 1. The quantitative estimate of drug-likeness (QED) is 0.526. The number of ether oxygens (including phenoxy) is 2. The van der Waals surface area contributed by atoms with E-state index < -0.39 is 10.0 Å². The zero-order chi connectivity index (χ0) is 23.8. The van der Waals surface area contributed by atoms with E-state index in [0.29, 0.717) is 31.8 Å². The van der Waals surface area contributed by atoms with Crippen molar-refractivity contribution in [3.63, 3.8) is 0 Å². The Balaban J connectivity index is 1.63. The summed E-state index contributed by atoms with van der Waals surface area (Å²) in [5.74, 6) is 1.01. The molecule has 0 aromatic heterocycles. The molecule has 0 unspecified atom stereocenters. The third kappa shape index (κ3) is 6.95. The normalized spacial score (nSPS) is 14.4. The molecule has 3 rings (SSSR count). The van der Waals surface area contributed by atoms with Gasteiger partial charge in [-0.2, -0.15) is 0 Å². The Morgan fingerprint density at radius 1 is 1.09 bits per heavy atom. The third-order valence-corrected chi connectivity index (χ3v) is 7.02. The standard InChI is InChI=1S/C25H34N2O5S/c1-19(2)32-21-11-7-9-20(17-21)10-8-14-26-33(29,30)22-12-13-24(31-3)23(18-22)25(28)27-15-5-4-6-16-27/h7,9,11-13,17-19,26H,4-6,8,10,14-16H2,1-3H3. The Hall–Kier alpha value is -2.58. The second-order valence-corrected chi connectivity index (χ2v) is 10.3. The van der Waals surface area contributed by atoms with E-state index in [-0.39, 0.29) is 22.5 Å². The van der Waals surface area contributed by atoms with Gasteiger partial charge in [0.15, 0.2) is 0 Å². The fraction of sp³-hybridized carbons (Fsp3) is 0.480. The molecule has 1 aliphatic heterocycles. The van der Waals surface area contributed by atoms with Gasteiger partial charge in [0.2, 0.25) is 10.0 Å². The summed E-state index contributed by atoms with van der Waals surface area (Å²) in [5.41, 5.74) is 1.37. The summed E-state index contributed by atoms with van der Waals surface area (Å²) in [6, 6.07) is 12.3. The molecule has 0 atom stereocenters. The number of hydrogen-bond donors (Lipinski definition) is 1. The average molecular weight is 475 g/mol. The Kier molecular flexibility index (Phi) is 8.74. The molecule has 0 radical (unpaired) electrons. The van der Waals surface area contributed by atoms with Gasteiger partial charge in [0.25, 0.3) is 5.91 Å². The van der Waals surface area contributed by atoms with Crippen LogP contribution in [-0.2, 0) is 16.4 Å². The van der Waals surface area contributed by atoms with E-state index in [1.807, 2.05) is 38.1 Å². The molecular formula is C25H34N2O5S. The number of benzene rings is 2. The number of piperidine rings is 1. The number of sulfonamides is 1. The van der Waals surface area contributed by atoms with Gasteiger partial charge in [-0.3, -0.25) is 4.79 Å². The summed E-state index contributed by atoms with van der Waals surface area (Å²) in [5, 5.41) is 0. The van der Waals surface area contributed by atoms with E-state index in [1.54, 1.807) is 11.0 Å². The number of carbonyl (C=O) groups is 1. The molecule has 1 aliphatic rings. The minimum atomic E-state index is -3.75. The highest BCUT2D eigenvalue weighted by molar-refractivity contribution is 7.89. The molecule has 0 spiro atoms.